The first-order valence-corrected chi connectivity index (χ1v) is 9.41. The molecule has 1 aromatic carbocycles. The van der Waals surface area contributed by atoms with E-state index in [1.165, 1.54) is 12.1 Å². The molecular weight excluding hydrogens is 363 g/mol. The molecule has 7 nitrogen and oxygen atoms in total. The van der Waals surface area contributed by atoms with Crippen molar-refractivity contribution in [2.75, 3.05) is 13.1 Å². The van der Waals surface area contributed by atoms with Crippen LogP contribution in [0.4, 0.5) is 4.39 Å². The van der Waals surface area contributed by atoms with E-state index in [0.29, 0.717) is 37.5 Å². The van der Waals surface area contributed by atoms with Crippen molar-refractivity contribution in [3.63, 3.8) is 0 Å². The highest BCUT2D eigenvalue weighted by Gasteiger charge is 2.35. The number of aryl methyl sites for hydroxylation is 2. The summed E-state index contributed by atoms with van der Waals surface area (Å²) in [5, 5.41) is 4.35. The maximum absolute atomic E-state index is 13.1. The Balaban J connectivity index is 1.72. The fourth-order valence-corrected chi connectivity index (χ4v) is 3.59. The van der Waals surface area contributed by atoms with E-state index >= 15 is 0 Å². The van der Waals surface area contributed by atoms with Crippen LogP contribution >= 0.6 is 0 Å². The SMILES string of the molecule is CCn1nc(C(=O)N2CC[C@H](Oc3ccc(F)cc3)[C@@H](CC(N)=O)C2)cc1C. The molecule has 2 amide bonds. The molecule has 1 aliphatic heterocycles. The van der Waals surface area contributed by atoms with E-state index in [9.17, 15) is 14.0 Å². The zero-order valence-electron chi connectivity index (χ0n) is 16.1. The summed E-state index contributed by atoms with van der Waals surface area (Å²) in [6, 6.07) is 7.52. The Morgan fingerprint density at radius 2 is 2.04 bits per heavy atom. The van der Waals surface area contributed by atoms with Gasteiger partial charge in [-0.15, -0.1) is 0 Å². The van der Waals surface area contributed by atoms with Gasteiger partial charge in [-0.05, 0) is 44.2 Å². The van der Waals surface area contributed by atoms with Crippen LogP contribution in [0.3, 0.4) is 0 Å². The normalized spacial score (nSPS) is 19.5. The number of amides is 2. The van der Waals surface area contributed by atoms with Gasteiger partial charge in [-0.1, -0.05) is 0 Å². The van der Waals surface area contributed by atoms with Crippen LogP contribution in [0.1, 0.15) is 35.9 Å². The zero-order chi connectivity index (χ0) is 20.3. The number of halogens is 1. The Morgan fingerprint density at radius 1 is 1.32 bits per heavy atom. The van der Waals surface area contributed by atoms with E-state index in [0.717, 1.165) is 5.69 Å². The van der Waals surface area contributed by atoms with Gasteiger partial charge in [-0.2, -0.15) is 5.10 Å². The maximum Gasteiger partial charge on any atom is 0.274 e. The minimum absolute atomic E-state index is 0.109. The summed E-state index contributed by atoms with van der Waals surface area (Å²) in [5.74, 6) is -0.668. The van der Waals surface area contributed by atoms with Gasteiger partial charge in [-0.25, -0.2) is 4.39 Å². The first-order valence-electron chi connectivity index (χ1n) is 9.41. The number of piperidine rings is 1. The summed E-state index contributed by atoms with van der Waals surface area (Å²) in [7, 11) is 0. The Kier molecular flexibility index (Phi) is 5.96. The molecule has 0 spiro atoms. The van der Waals surface area contributed by atoms with Crippen LogP contribution in [0.25, 0.3) is 0 Å². The number of hydrogen-bond donors (Lipinski definition) is 1. The Morgan fingerprint density at radius 3 is 2.64 bits per heavy atom. The largest absolute Gasteiger partial charge is 0.490 e. The van der Waals surface area contributed by atoms with E-state index in [4.69, 9.17) is 10.5 Å². The predicted octanol–water partition coefficient (Wildman–Crippen LogP) is 2.14. The van der Waals surface area contributed by atoms with E-state index in [-0.39, 0.29) is 30.2 Å². The highest BCUT2D eigenvalue weighted by molar-refractivity contribution is 5.92. The van der Waals surface area contributed by atoms with Crippen molar-refractivity contribution in [3.8, 4) is 5.75 Å². The lowest BCUT2D eigenvalue weighted by molar-refractivity contribution is -0.120. The molecule has 2 aromatic rings. The molecule has 1 aromatic heterocycles. The lowest BCUT2D eigenvalue weighted by Crippen LogP contribution is -2.49. The van der Waals surface area contributed by atoms with Crippen LogP contribution in [0, 0.1) is 18.7 Å². The molecule has 8 heteroatoms. The Hall–Kier alpha value is -2.90. The molecule has 1 saturated heterocycles. The van der Waals surface area contributed by atoms with Gasteiger partial charge in [0.25, 0.3) is 5.91 Å². The summed E-state index contributed by atoms with van der Waals surface area (Å²) in [5.41, 5.74) is 6.73. The third kappa shape index (κ3) is 4.49. The second kappa shape index (κ2) is 8.41. The lowest BCUT2D eigenvalue weighted by atomic mass is 9.91. The molecule has 150 valence electrons. The summed E-state index contributed by atoms with van der Waals surface area (Å²) in [6.07, 6.45) is 0.379. The van der Waals surface area contributed by atoms with Crippen molar-refractivity contribution in [3.05, 3.63) is 47.5 Å². The van der Waals surface area contributed by atoms with E-state index in [1.807, 2.05) is 13.8 Å². The standard InChI is InChI=1S/C20H25FN4O3/c1-3-25-13(2)10-17(23-25)20(27)24-9-8-18(14(12-24)11-19(22)26)28-16-6-4-15(21)5-7-16/h4-7,10,14,18H,3,8-9,11-12H2,1-2H3,(H2,22,26)/t14-,18-/m0/s1. The van der Waals surface area contributed by atoms with E-state index < -0.39 is 5.91 Å². The second-order valence-corrected chi connectivity index (χ2v) is 7.07. The van der Waals surface area contributed by atoms with Crippen molar-refractivity contribution < 1.29 is 18.7 Å². The first kappa shape index (κ1) is 19.9. The molecule has 2 N–H and O–H groups in total. The van der Waals surface area contributed by atoms with Gasteiger partial charge < -0.3 is 15.4 Å². The monoisotopic (exact) mass is 388 g/mol. The molecule has 2 heterocycles. The Labute approximate surface area is 163 Å². The molecule has 1 fully saturated rings. The fourth-order valence-electron chi connectivity index (χ4n) is 3.59. The predicted molar refractivity (Wildman–Crippen MR) is 101 cm³/mol. The smallest absolute Gasteiger partial charge is 0.274 e. The zero-order valence-corrected chi connectivity index (χ0v) is 16.1. The number of nitrogens with zero attached hydrogens (tertiary/aromatic N) is 3. The Bertz CT molecular complexity index is 850. The minimum Gasteiger partial charge on any atom is -0.490 e. The van der Waals surface area contributed by atoms with E-state index in [2.05, 4.69) is 5.10 Å². The number of rotatable bonds is 6. The number of carbonyl (C=O) groups is 2. The highest BCUT2D eigenvalue weighted by atomic mass is 19.1. The van der Waals surface area contributed by atoms with Gasteiger partial charge in [0.1, 0.15) is 17.7 Å². The highest BCUT2D eigenvalue weighted by Crippen LogP contribution is 2.26. The van der Waals surface area contributed by atoms with Crippen molar-refractivity contribution in [2.45, 2.75) is 39.3 Å². The number of hydrogen-bond acceptors (Lipinski definition) is 4. The molecule has 3 rings (SSSR count). The number of nitrogens with two attached hydrogens (primary N) is 1. The third-order valence-corrected chi connectivity index (χ3v) is 5.02. The van der Waals surface area contributed by atoms with Gasteiger partial charge >= 0.3 is 0 Å². The molecule has 2 atom stereocenters. The van der Waals surface area contributed by atoms with Crippen LogP contribution in [0.2, 0.25) is 0 Å². The molecule has 1 aliphatic rings. The van der Waals surface area contributed by atoms with Crippen LogP contribution in [-0.4, -0.2) is 45.7 Å². The van der Waals surface area contributed by atoms with Crippen LogP contribution in [-0.2, 0) is 11.3 Å². The molecule has 0 unspecified atom stereocenters. The number of benzene rings is 1. The average Bonchev–Trinajstić information content (AvgIpc) is 3.04. The number of primary amides is 1. The number of aromatic nitrogens is 2. The van der Waals surface area contributed by atoms with Crippen LogP contribution < -0.4 is 10.5 Å². The van der Waals surface area contributed by atoms with Gasteiger partial charge in [-0.3, -0.25) is 14.3 Å². The average molecular weight is 388 g/mol. The maximum atomic E-state index is 13.1. The molecule has 0 radical (unpaired) electrons. The third-order valence-electron chi connectivity index (χ3n) is 5.02. The molecule has 0 saturated carbocycles. The van der Waals surface area contributed by atoms with Crippen LogP contribution in [0.5, 0.6) is 5.75 Å². The topological polar surface area (TPSA) is 90.4 Å². The number of carbonyl (C=O) groups excluding carboxylic acids is 2. The van der Waals surface area contributed by atoms with Gasteiger partial charge in [0.05, 0.1) is 0 Å². The van der Waals surface area contributed by atoms with Crippen molar-refractivity contribution in [1.82, 2.24) is 14.7 Å². The van der Waals surface area contributed by atoms with Crippen molar-refractivity contribution >= 4 is 11.8 Å². The quantitative estimate of drug-likeness (QED) is 0.821. The second-order valence-electron chi connectivity index (χ2n) is 7.07. The molecule has 0 bridgehead atoms. The summed E-state index contributed by atoms with van der Waals surface area (Å²) < 4.78 is 20.8. The van der Waals surface area contributed by atoms with Crippen LogP contribution in [0.15, 0.2) is 30.3 Å². The molecule has 0 aliphatic carbocycles. The number of ether oxygens (including phenoxy) is 1. The van der Waals surface area contributed by atoms with Gasteiger partial charge in [0.15, 0.2) is 5.69 Å². The van der Waals surface area contributed by atoms with Crippen molar-refractivity contribution in [1.29, 1.82) is 0 Å². The number of likely N-dealkylation sites (tertiary alicyclic amines) is 1. The molecule has 28 heavy (non-hydrogen) atoms. The summed E-state index contributed by atoms with van der Waals surface area (Å²) >= 11 is 0. The summed E-state index contributed by atoms with van der Waals surface area (Å²) in [6.45, 7) is 5.40. The summed E-state index contributed by atoms with van der Waals surface area (Å²) in [4.78, 5) is 26.1. The molecular formula is C20H25FN4O3. The minimum atomic E-state index is -0.446. The van der Waals surface area contributed by atoms with Crippen molar-refractivity contribution in [2.24, 2.45) is 11.7 Å². The first-order chi connectivity index (χ1) is 13.4. The van der Waals surface area contributed by atoms with Gasteiger partial charge in [0.2, 0.25) is 5.91 Å². The lowest BCUT2D eigenvalue weighted by Gasteiger charge is -2.38. The van der Waals surface area contributed by atoms with E-state index in [1.54, 1.807) is 27.8 Å². The fraction of sp³-hybridized carbons (Fsp3) is 0.450. The van der Waals surface area contributed by atoms with Gasteiger partial charge in [0, 0.05) is 44.1 Å².